The summed E-state index contributed by atoms with van der Waals surface area (Å²) in [4.78, 5) is 10.7. The molecular formula is C7H11ClF3NO2. The van der Waals surface area contributed by atoms with Gasteiger partial charge in [0.25, 0.3) is 0 Å². The second-order valence-corrected chi connectivity index (χ2v) is 3.09. The number of nitrogens with one attached hydrogen (secondary N) is 1. The summed E-state index contributed by atoms with van der Waals surface area (Å²) in [6, 6.07) is 0. The minimum atomic E-state index is -4.19. The maximum atomic E-state index is 11.6. The van der Waals surface area contributed by atoms with Crippen LogP contribution >= 0.6 is 11.6 Å². The van der Waals surface area contributed by atoms with Crippen molar-refractivity contribution < 1.29 is 22.7 Å². The second-order valence-electron chi connectivity index (χ2n) is 2.56. The molecule has 1 unspecified atom stereocenters. The Labute approximate surface area is 84.6 Å². The fourth-order valence-electron chi connectivity index (χ4n) is 0.670. The summed E-state index contributed by atoms with van der Waals surface area (Å²) < 4.78 is 39.2. The highest BCUT2D eigenvalue weighted by molar-refractivity contribution is 6.30. The molecule has 0 aromatic rings. The van der Waals surface area contributed by atoms with Gasteiger partial charge in [0.05, 0.1) is 13.5 Å². The molecular weight excluding hydrogens is 223 g/mol. The molecule has 0 saturated heterocycles. The van der Waals surface area contributed by atoms with E-state index in [0.717, 1.165) is 7.11 Å². The monoisotopic (exact) mass is 233 g/mol. The minimum absolute atomic E-state index is 0.0374. The molecule has 14 heavy (non-hydrogen) atoms. The zero-order valence-electron chi connectivity index (χ0n) is 7.53. The normalized spacial score (nSPS) is 13.8. The van der Waals surface area contributed by atoms with Gasteiger partial charge in [0.2, 0.25) is 0 Å². The van der Waals surface area contributed by atoms with E-state index in [0.29, 0.717) is 0 Å². The van der Waals surface area contributed by atoms with Crippen LogP contribution in [0.5, 0.6) is 0 Å². The van der Waals surface area contributed by atoms with Crippen molar-refractivity contribution >= 4 is 17.6 Å². The largest absolute Gasteiger partial charge is 0.468 e. The van der Waals surface area contributed by atoms with Crippen molar-refractivity contribution in [2.45, 2.75) is 18.0 Å². The Morgan fingerprint density at radius 2 is 2.14 bits per heavy atom. The first-order valence-electron chi connectivity index (χ1n) is 3.86. The molecule has 0 aliphatic carbocycles. The molecule has 7 heteroatoms. The molecule has 0 aromatic carbocycles. The first-order valence-corrected chi connectivity index (χ1v) is 4.30. The molecule has 1 atom stereocenters. The fourth-order valence-corrected chi connectivity index (χ4v) is 0.868. The van der Waals surface area contributed by atoms with Gasteiger partial charge in [-0.2, -0.15) is 13.2 Å². The summed E-state index contributed by atoms with van der Waals surface area (Å²) in [6.45, 7) is -0.298. The summed E-state index contributed by atoms with van der Waals surface area (Å²) in [5, 5.41) is 1.45. The lowest BCUT2D eigenvalue weighted by Crippen LogP contribution is -2.32. The summed E-state index contributed by atoms with van der Waals surface area (Å²) in [7, 11) is 1.16. The summed E-state index contributed by atoms with van der Waals surface area (Å²) in [6.07, 6.45) is -5.14. The van der Waals surface area contributed by atoms with E-state index in [4.69, 9.17) is 11.6 Å². The third kappa shape index (κ3) is 6.97. The molecule has 0 spiro atoms. The SMILES string of the molecule is COC(=O)C(Cl)CNCCC(F)(F)F. The average molecular weight is 234 g/mol. The Kier molecular flexibility index (Phi) is 5.87. The lowest BCUT2D eigenvalue weighted by Gasteiger charge is -2.09. The molecule has 0 aromatic heterocycles. The fraction of sp³-hybridized carbons (Fsp3) is 0.857. The number of carbonyl (C=O) groups is 1. The van der Waals surface area contributed by atoms with E-state index in [-0.39, 0.29) is 13.1 Å². The average Bonchev–Trinajstić information content (AvgIpc) is 2.09. The number of halogens is 4. The van der Waals surface area contributed by atoms with Gasteiger partial charge in [-0.3, -0.25) is 4.79 Å². The van der Waals surface area contributed by atoms with E-state index in [9.17, 15) is 18.0 Å². The minimum Gasteiger partial charge on any atom is -0.468 e. The zero-order valence-corrected chi connectivity index (χ0v) is 8.28. The van der Waals surface area contributed by atoms with Crippen LogP contribution in [-0.4, -0.2) is 37.7 Å². The molecule has 0 fully saturated rings. The summed E-state index contributed by atoms with van der Waals surface area (Å²) >= 11 is 5.46. The Hall–Kier alpha value is -0.490. The van der Waals surface area contributed by atoms with Gasteiger partial charge in [-0.25, -0.2) is 0 Å². The topological polar surface area (TPSA) is 38.3 Å². The Bertz CT molecular complexity index is 186. The number of alkyl halides is 4. The van der Waals surface area contributed by atoms with Crippen LogP contribution in [0.15, 0.2) is 0 Å². The number of hydrogen-bond donors (Lipinski definition) is 1. The number of methoxy groups -OCH3 is 1. The van der Waals surface area contributed by atoms with E-state index >= 15 is 0 Å². The first-order chi connectivity index (χ1) is 6.37. The van der Waals surface area contributed by atoms with E-state index in [1.807, 2.05) is 0 Å². The van der Waals surface area contributed by atoms with Crippen LogP contribution in [0.1, 0.15) is 6.42 Å². The van der Waals surface area contributed by atoms with Crippen molar-refractivity contribution in [3.8, 4) is 0 Å². The lowest BCUT2D eigenvalue weighted by molar-refractivity contribution is -0.140. The van der Waals surface area contributed by atoms with Crippen molar-refractivity contribution in [3.05, 3.63) is 0 Å². The standard InChI is InChI=1S/C7H11ClF3NO2/c1-14-6(13)5(8)4-12-3-2-7(9,10)11/h5,12H,2-4H2,1H3. The van der Waals surface area contributed by atoms with Gasteiger partial charge < -0.3 is 10.1 Å². The third-order valence-corrected chi connectivity index (χ3v) is 1.70. The number of esters is 1. The molecule has 0 bridgehead atoms. The number of rotatable bonds is 5. The Balaban J connectivity index is 3.50. The van der Waals surface area contributed by atoms with Crippen molar-refractivity contribution in [2.24, 2.45) is 0 Å². The van der Waals surface area contributed by atoms with Gasteiger partial charge in [-0.05, 0) is 0 Å². The highest BCUT2D eigenvalue weighted by Crippen LogP contribution is 2.18. The highest BCUT2D eigenvalue weighted by atomic mass is 35.5. The third-order valence-electron chi connectivity index (χ3n) is 1.37. The van der Waals surface area contributed by atoms with Gasteiger partial charge >= 0.3 is 12.1 Å². The quantitative estimate of drug-likeness (QED) is 0.442. The molecule has 84 valence electrons. The Morgan fingerprint density at radius 1 is 1.57 bits per heavy atom. The van der Waals surface area contributed by atoms with Crippen LogP contribution in [0.3, 0.4) is 0 Å². The Morgan fingerprint density at radius 3 is 2.57 bits per heavy atom. The van der Waals surface area contributed by atoms with Crippen LogP contribution in [0, 0.1) is 0 Å². The van der Waals surface area contributed by atoms with Crippen molar-refractivity contribution in [1.82, 2.24) is 5.32 Å². The molecule has 0 heterocycles. The van der Waals surface area contributed by atoms with Crippen LogP contribution in [0.25, 0.3) is 0 Å². The van der Waals surface area contributed by atoms with Crippen molar-refractivity contribution in [3.63, 3.8) is 0 Å². The van der Waals surface area contributed by atoms with E-state index in [1.54, 1.807) is 0 Å². The van der Waals surface area contributed by atoms with Crippen LogP contribution < -0.4 is 5.32 Å². The van der Waals surface area contributed by atoms with Gasteiger partial charge in [0, 0.05) is 13.1 Å². The van der Waals surface area contributed by atoms with Crippen LogP contribution in [-0.2, 0) is 9.53 Å². The molecule has 0 aliphatic heterocycles. The molecule has 0 rings (SSSR count). The van der Waals surface area contributed by atoms with Crippen LogP contribution in [0.4, 0.5) is 13.2 Å². The van der Waals surface area contributed by atoms with Gasteiger partial charge in [-0.1, -0.05) is 0 Å². The maximum Gasteiger partial charge on any atom is 0.390 e. The van der Waals surface area contributed by atoms with E-state index in [2.05, 4.69) is 10.1 Å². The van der Waals surface area contributed by atoms with E-state index < -0.39 is 23.9 Å². The number of ether oxygens (including phenoxy) is 1. The van der Waals surface area contributed by atoms with Crippen molar-refractivity contribution in [1.29, 1.82) is 0 Å². The zero-order chi connectivity index (χ0) is 11.2. The number of carbonyl (C=O) groups excluding carboxylic acids is 1. The smallest absolute Gasteiger partial charge is 0.390 e. The van der Waals surface area contributed by atoms with E-state index in [1.165, 1.54) is 0 Å². The first kappa shape index (κ1) is 13.5. The molecule has 1 N–H and O–H groups in total. The molecule has 0 radical (unpaired) electrons. The lowest BCUT2D eigenvalue weighted by atomic mass is 10.4. The predicted octanol–water partition coefficient (Wildman–Crippen LogP) is 1.31. The van der Waals surface area contributed by atoms with Crippen molar-refractivity contribution in [2.75, 3.05) is 20.2 Å². The molecule has 0 amide bonds. The van der Waals surface area contributed by atoms with Gasteiger partial charge in [-0.15, -0.1) is 11.6 Å². The molecule has 0 saturated carbocycles. The maximum absolute atomic E-state index is 11.6. The van der Waals surface area contributed by atoms with Gasteiger partial charge in [0.1, 0.15) is 5.38 Å². The molecule has 3 nitrogen and oxygen atoms in total. The number of hydrogen-bond acceptors (Lipinski definition) is 3. The molecule has 0 aliphatic rings. The van der Waals surface area contributed by atoms with Crippen LogP contribution in [0.2, 0.25) is 0 Å². The summed E-state index contributed by atoms with van der Waals surface area (Å²) in [5.41, 5.74) is 0. The summed E-state index contributed by atoms with van der Waals surface area (Å²) in [5.74, 6) is -0.661. The highest BCUT2D eigenvalue weighted by Gasteiger charge is 2.26. The van der Waals surface area contributed by atoms with Gasteiger partial charge in [0.15, 0.2) is 0 Å². The second kappa shape index (κ2) is 6.08. The predicted molar refractivity (Wildman–Crippen MR) is 45.2 cm³/mol.